The summed E-state index contributed by atoms with van der Waals surface area (Å²) in [6, 6.07) is 5.95. The average molecular weight is 333 g/mol. The predicted octanol–water partition coefficient (Wildman–Crippen LogP) is 4.02. The van der Waals surface area contributed by atoms with Gasteiger partial charge in [-0.15, -0.1) is 0 Å². The second-order valence-corrected chi connectivity index (χ2v) is 5.97. The fraction of sp³-hybridized carbons (Fsp3) is 0.357. The molecule has 0 aliphatic heterocycles. The molecule has 0 saturated heterocycles. The second kappa shape index (κ2) is 6.62. The molecular formula is C14H15F4N3S. The molecule has 0 aliphatic rings. The Hall–Kier alpha value is -1.67. The highest BCUT2D eigenvalue weighted by molar-refractivity contribution is 7.15. The van der Waals surface area contributed by atoms with E-state index in [-0.39, 0.29) is 17.0 Å². The lowest BCUT2D eigenvalue weighted by molar-refractivity contribution is -0.134. The van der Waals surface area contributed by atoms with Crippen molar-refractivity contribution in [2.45, 2.75) is 12.2 Å². The second-order valence-electron chi connectivity index (χ2n) is 4.94. The molecule has 0 amide bonds. The number of rotatable bonds is 5. The van der Waals surface area contributed by atoms with Gasteiger partial charge in [-0.3, -0.25) is 0 Å². The minimum absolute atomic E-state index is 0.186. The molecule has 1 heterocycles. The van der Waals surface area contributed by atoms with Crippen molar-refractivity contribution in [3.8, 4) is 0 Å². The molecule has 0 bridgehead atoms. The quantitative estimate of drug-likeness (QED) is 0.838. The van der Waals surface area contributed by atoms with Gasteiger partial charge in [0.25, 0.3) is 0 Å². The van der Waals surface area contributed by atoms with E-state index in [1.54, 1.807) is 12.1 Å². The van der Waals surface area contributed by atoms with Crippen molar-refractivity contribution in [3.05, 3.63) is 46.7 Å². The maximum atomic E-state index is 13.3. The number of aromatic nitrogens is 1. The molecule has 0 radical (unpaired) electrons. The zero-order chi connectivity index (χ0) is 16.3. The molecule has 0 saturated carbocycles. The highest BCUT2D eigenvalue weighted by Crippen LogP contribution is 2.35. The standard InChI is InChI=1S/C14H15F4N3S/c1-21(2)11(9-4-3-5-10(15)6-9)7-19-13-20-8-12(22-13)14(16,17)18/h3-6,8,11H,7H2,1-2H3,(H,19,20). The lowest BCUT2D eigenvalue weighted by Crippen LogP contribution is -2.26. The Kier molecular flexibility index (Phi) is 5.02. The molecule has 8 heteroatoms. The van der Waals surface area contributed by atoms with Crippen molar-refractivity contribution in [1.82, 2.24) is 9.88 Å². The van der Waals surface area contributed by atoms with Gasteiger partial charge in [0.2, 0.25) is 0 Å². The molecular weight excluding hydrogens is 318 g/mol. The van der Waals surface area contributed by atoms with Crippen molar-refractivity contribution in [1.29, 1.82) is 0 Å². The van der Waals surface area contributed by atoms with Gasteiger partial charge in [-0.05, 0) is 31.8 Å². The highest BCUT2D eigenvalue weighted by atomic mass is 32.1. The summed E-state index contributed by atoms with van der Waals surface area (Å²) in [5, 5.41) is 3.07. The van der Waals surface area contributed by atoms with Gasteiger partial charge in [-0.25, -0.2) is 9.37 Å². The van der Waals surface area contributed by atoms with Crippen molar-refractivity contribution in [2.75, 3.05) is 26.0 Å². The van der Waals surface area contributed by atoms with E-state index in [9.17, 15) is 17.6 Å². The van der Waals surface area contributed by atoms with E-state index < -0.39 is 11.1 Å². The van der Waals surface area contributed by atoms with Crippen molar-refractivity contribution in [2.24, 2.45) is 0 Å². The van der Waals surface area contributed by atoms with Crippen LogP contribution in [0.25, 0.3) is 0 Å². The first-order valence-corrected chi connectivity index (χ1v) is 7.28. The van der Waals surface area contributed by atoms with E-state index in [0.29, 0.717) is 17.9 Å². The third-order valence-corrected chi connectivity index (χ3v) is 4.09. The van der Waals surface area contributed by atoms with Gasteiger partial charge < -0.3 is 10.2 Å². The van der Waals surface area contributed by atoms with E-state index in [2.05, 4.69) is 10.3 Å². The number of halogens is 4. The Morgan fingerprint density at radius 1 is 1.32 bits per heavy atom. The Labute approximate surface area is 129 Å². The number of nitrogens with one attached hydrogen (secondary N) is 1. The molecule has 2 aromatic rings. The number of likely N-dealkylation sites (N-methyl/N-ethyl adjacent to an activating group) is 1. The van der Waals surface area contributed by atoms with E-state index >= 15 is 0 Å². The minimum Gasteiger partial charge on any atom is -0.360 e. The molecule has 0 aliphatic carbocycles. The first kappa shape index (κ1) is 16.7. The summed E-state index contributed by atoms with van der Waals surface area (Å²) in [5.41, 5.74) is 0.741. The summed E-state index contributed by atoms with van der Waals surface area (Å²) in [7, 11) is 3.64. The van der Waals surface area contributed by atoms with Crippen LogP contribution in [0.5, 0.6) is 0 Å². The summed E-state index contributed by atoms with van der Waals surface area (Å²) in [4.78, 5) is 4.83. The maximum Gasteiger partial charge on any atom is 0.427 e. The number of nitrogens with zero attached hydrogens (tertiary/aromatic N) is 2. The van der Waals surface area contributed by atoms with Crippen LogP contribution in [-0.4, -0.2) is 30.5 Å². The Balaban J connectivity index is 2.08. The topological polar surface area (TPSA) is 28.2 Å². The monoisotopic (exact) mass is 333 g/mol. The molecule has 1 aromatic carbocycles. The molecule has 2 rings (SSSR count). The van der Waals surface area contributed by atoms with E-state index in [1.165, 1.54) is 12.1 Å². The molecule has 0 spiro atoms. The predicted molar refractivity (Wildman–Crippen MR) is 78.4 cm³/mol. The summed E-state index contributed by atoms with van der Waals surface area (Å²) < 4.78 is 50.9. The van der Waals surface area contributed by atoms with Gasteiger partial charge in [-0.1, -0.05) is 23.5 Å². The average Bonchev–Trinajstić information content (AvgIpc) is 2.87. The summed E-state index contributed by atoms with van der Waals surface area (Å²) >= 11 is 0.552. The normalized spacial score (nSPS) is 13.4. The number of benzene rings is 1. The summed E-state index contributed by atoms with van der Waals surface area (Å²) in [5.74, 6) is -0.349. The third kappa shape index (κ3) is 4.17. The largest absolute Gasteiger partial charge is 0.427 e. The first-order chi connectivity index (χ1) is 10.3. The molecule has 1 atom stereocenters. The molecule has 1 aromatic heterocycles. The first-order valence-electron chi connectivity index (χ1n) is 6.46. The van der Waals surface area contributed by atoms with Crippen LogP contribution < -0.4 is 5.32 Å². The van der Waals surface area contributed by atoms with E-state index in [0.717, 1.165) is 11.8 Å². The lowest BCUT2D eigenvalue weighted by Gasteiger charge is -2.25. The van der Waals surface area contributed by atoms with Crippen LogP contribution in [0.3, 0.4) is 0 Å². The summed E-state index contributed by atoms with van der Waals surface area (Å²) in [6.45, 7) is 0.321. The van der Waals surface area contributed by atoms with Crippen molar-refractivity contribution < 1.29 is 17.6 Å². The fourth-order valence-electron chi connectivity index (χ4n) is 1.98. The number of alkyl halides is 3. The Morgan fingerprint density at radius 2 is 2.05 bits per heavy atom. The van der Waals surface area contributed by atoms with Gasteiger partial charge in [0.15, 0.2) is 5.13 Å². The van der Waals surface area contributed by atoms with Crippen LogP contribution in [-0.2, 0) is 6.18 Å². The van der Waals surface area contributed by atoms with Crippen LogP contribution in [0, 0.1) is 5.82 Å². The SMILES string of the molecule is CN(C)C(CNc1ncc(C(F)(F)F)s1)c1cccc(F)c1. The number of hydrogen-bond acceptors (Lipinski definition) is 4. The zero-order valence-corrected chi connectivity index (χ0v) is 12.8. The van der Waals surface area contributed by atoms with Crippen LogP contribution >= 0.6 is 11.3 Å². The van der Waals surface area contributed by atoms with E-state index in [1.807, 2.05) is 19.0 Å². The van der Waals surface area contributed by atoms with Gasteiger partial charge in [-0.2, -0.15) is 13.2 Å². The molecule has 1 unspecified atom stereocenters. The lowest BCUT2D eigenvalue weighted by atomic mass is 10.1. The molecule has 22 heavy (non-hydrogen) atoms. The minimum atomic E-state index is -4.39. The molecule has 120 valence electrons. The Bertz CT molecular complexity index is 625. The van der Waals surface area contributed by atoms with Crippen molar-refractivity contribution in [3.63, 3.8) is 0 Å². The van der Waals surface area contributed by atoms with Gasteiger partial charge in [0, 0.05) is 6.54 Å². The van der Waals surface area contributed by atoms with Gasteiger partial charge >= 0.3 is 6.18 Å². The van der Waals surface area contributed by atoms with Crippen LogP contribution in [0.1, 0.15) is 16.5 Å². The molecule has 0 fully saturated rings. The van der Waals surface area contributed by atoms with Gasteiger partial charge in [0.1, 0.15) is 10.7 Å². The Morgan fingerprint density at radius 3 is 2.59 bits per heavy atom. The summed E-state index contributed by atoms with van der Waals surface area (Å²) in [6.07, 6.45) is -3.58. The van der Waals surface area contributed by atoms with E-state index in [4.69, 9.17) is 0 Å². The van der Waals surface area contributed by atoms with Gasteiger partial charge in [0.05, 0.1) is 12.2 Å². The fourth-order valence-corrected chi connectivity index (χ4v) is 2.67. The molecule has 1 N–H and O–H groups in total. The number of hydrogen-bond donors (Lipinski definition) is 1. The van der Waals surface area contributed by atoms with Crippen LogP contribution in [0.15, 0.2) is 30.5 Å². The third-order valence-electron chi connectivity index (χ3n) is 3.09. The smallest absolute Gasteiger partial charge is 0.360 e. The number of thiazole rings is 1. The van der Waals surface area contributed by atoms with Crippen molar-refractivity contribution >= 4 is 16.5 Å². The highest BCUT2D eigenvalue weighted by Gasteiger charge is 2.33. The number of anilines is 1. The van der Waals surface area contributed by atoms with Crippen LogP contribution in [0.4, 0.5) is 22.7 Å². The molecule has 3 nitrogen and oxygen atoms in total. The van der Waals surface area contributed by atoms with Crippen LogP contribution in [0.2, 0.25) is 0 Å². The zero-order valence-electron chi connectivity index (χ0n) is 12.0. The maximum absolute atomic E-state index is 13.3.